The number of likely N-dealkylation sites (tertiary alicyclic amines) is 2. The molecule has 0 unspecified atom stereocenters. The van der Waals surface area contributed by atoms with Crippen LogP contribution in [0.5, 0.6) is 0 Å². The number of hydrogen-bond donors (Lipinski definition) is 0. The number of nitrogens with zero attached hydrogens (tertiary/aromatic N) is 2. The van der Waals surface area contributed by atoms with Crippen LogP contribution in [0.2, 0.25) is 0 Å². The zero-order valence-electron chi connectivity index (χ0n) is 16.3. The summed E-state index contributed by atoms with van der Waals surface area (Å²) in [5.74, 6) is 2.09. The summed E-state index contributed by atoms with van der Waals surface area (Å²) in [4.78, 5) is 0. The van der Waals surface area contributed by atoms with E-state index < -0.39 is 0 Å². The van der Waals surface area contributed by atoms with Gasteiger partial charge in [-0.3, -0.25) is 0 Å². The summed E-state index contributed by atoms with van der Waals surface area (Å²) >= 11 is 0. The fourth-order valence-corrected chi connectivity index (χ4v) is 5.96. The molecule has 1 saturated carbocycles. The zero-order chi connectivity index (χ0) is 15.5. The average Bonchev–Trinajstić information content (AvgIpc) is 3.20. The van der Waals surface area contributed by atoms with Gasteiger partial charge in [-0.2, -0.15) is 0 Å². The van der Waals surface area contributed by atoms with Crippen LogP contribution in [0.1, 0.15) is 65.2 Å². The van der Waals surface area contributed by atoms with Crippen molar-refractivity contribution in [3.63, 3.8) is 0 Å². The van der Waals surface area contributed by atoms with Gasteiger partial charge in [0.2, 0.25) is 0 Å². The van der Waals surface area contributed by atoms with Crippen LogP contribution in [-0.2, 0) is 0 Å². The Hall–Kier alpha value is -0.160. The third-order valence-electron chi connectivity index (χ3n) is 7.63. The number of hydrogen-bond acceptors (Lipinski definition) is 2. The fourth-order valence-electron chi connectivity index (χ4n) is 5.96. The van der Waals surface area contributed by atoms with Crippen LogP contribution in [0, 0.1) is 11.8 Å². The molecule has 2 N–H and O–H groups in total. The van der Waals surface area contributed by atoms with Crippen molar-refractivity contribution >= 4 is 0 Å². The van der Waals surface area contributed by atoms with E-state index >= 15 is 0 Å². The molecule has 0 spiro atoms. The Morgan fingerprint density at radius 2 is 0.875 bits per heavy atom. The molecule has 24 heavy (non-hydrogen) atoms. The Morgan fingerprint density at radius 3 is 1.12 bits per heavy atom. The maximum atomic E-state index is 2.43. The molecule has 1 aliphatic carbocycles. The Bertz CT molecular complexity index is 308. The summed E-state index contributed by atoms with van der Waals surface area (Å²) in [6.45, 7) is 16.6. The molecular weight excluding hydrogens is 300 g/mol. The van der Waals surface area contributed by atoms with E-state index in [1.807, 2.05) is 0 Å². The van der Waals surface area contributed by atoms with E-state index in [0.717, 1.165) is 11.8 Å². The van der Waals surface area contributed by atoms with Gasteiger partial charge < -0.3 is 19.9 Å². The molecule has 144 valence electrons. The van der Waals surface area contributed by atoms with Gasteiger partial charge >= 0.3 is 0 Å². The summed E-state index contributed by atoms with van der Waals surface area (Å²) in [6, 6.07) is 0. The van der Waals surface area contributed by atoms with Crippen LogP contribution in [0.3, 0.4) is 0 Å². The standard InChI is InChI=1S/C20H40N2.2H2O/c1-3-21(13-5-6-14-21)17-19-9-11-20(12-10-19)18-22(4-2)15-7-8-16-22;;/h19-20H,3-18H2,1-2H3;2*1H2/q+2;;/p-2. The second-order valence-corrected chi connectivity index (χ2v) is 8.88. The highest BCUT2D eigenvalue weighted by Crippen LogP contribution is 2.35. The minimum atomic E-state index is 0. The van der Waals surface area contributed by atoms with Gasteiger partial charge in [0.15, 0.2) is 0 Å². The SMILES string of the molecule is CC[N+]1(CC2CCC(C[N+]3(CC)CCCC3)CC2)CCCC1.[OH-].[OH-]. The van der Waals surface area contributed by atoms with Crippen molar-refractivity contribution in [1.29, 1.82) is 0 Å². The van der Waals surface area contributed by atoms with E-state index in [1.165, 1.54) is 113 Å². The summed E-state index contributed by atoms with van der Waals surface area (Å²) in [6.07, 6.45) is 12.1. The van der Waals surface area contributed by atoms with Gasteiger partial charge in [0.1, 0.15) is 0 Å². The van der Waals surface area contributed by atoms with Crippen LogP contribution in [0.15, 0.2) is 0 Å². The van der Waals surface area contributed by atoms with E-state index in [4.69, 9.17) is 0 Å². The lowest BCUT2D eigenvalue weighted by Gasteiger charge is -2.41. The Morgan fingerprint density at radius 1 is 0.583 bits per heavy atom. The van der Waals surface area contributed by atoms with E-state index in [1.54, 1.807) is 0 Å². The van der Waals surface area contributed by atoms with Gasteiger partial charge in [-0.15, -0.1) is 0 Å². The molecule has 0 atom stereocenters. The van der Waals surface area contributed by atoms with Crippen molar-refractivity contribution < 1.29 is 19.9 Å². The van der Waals surface area contributed by atoms with Crippen molar-refractivity contribution in [3.05, 3.63) is 0 Å². The predicted octanol–water partition coefficient (Wildman–Crippen LogP) is 3.70. The number of rotatable bonds is 6. The minimum absolute atomic E-state index is 0. The van der Waals surface area contributed by atoms with Crippen molar-refractivity contribution in [1.82, 2.24) is 0 Å². The van der Waals surface area contributed by atoms with Crippen LogP contribution in [0.25, 0.3) is 0 Å². The van der Waals surface area contributed by atoms with E-state index in [9.17, 15) is 0 Å². The Balaban J connectivity index is 0.00000144. The molecule has 4 nitrogen and oxygen atoms in total. The van der Waals surface area contributed by atoms with Crippen molar-refractivity contribution in [2.75, 3.05) is 52.4 Å². The minimum Gasteiger partial charge on any atom is -0.870 e. The van der Waals surface area contributed by atoms with Gasteiger partial charge in [0, 0.05) is 37.5 Å². The molecule has 2 heterocycles. The molecule has 3 aliphatic rings. The average molecular weight is 343 g/mol. The monoisotopic (exact) mass is 342 g/mol. The first kappa shape index (κ1) is 21.9. The molecule has 2 aliphatic heterocycles. The largest absolute Gasteiger partial charge is 0.870 e. The maximum absolute atomic E-state index is 2.43. The summed E-state index contributed by atoms with van der Waals surface area (Å²) < 4.78 is 2.93. The first-order valence-electron chi connectivity index (χ1n) is 10.4. The number of quaternary nitrogens is 2. The van der Waals surface area contributed by atoms with Gasteiger partial charge in [0.05, 0.1) is 52.4 Å². The fraction of sp³-hybridized carbons (Fsp3) is 1.00. The van der Waals surface area contributed by atoms with Crippen molar-refractivity contribution in [3.8, 4) is 0 Å². The highest BCUT2D eigenvalue weighted by molar-refractivity contribution is 4.74. The van der Waals surface area contributed by atoms with Crippen molar-refractivity contribution in [2.45, 2.75) is 65.2 Å². The van der Waals surface area contributed by atoms with Gasteiger partial charge in [0.25, 0.3) is 0 Å². The molecule has 0 aromatic carbocycles. The van der Waals surface area contributed by atoms with Crippen LogP contribution in [-0.4, -0.2) is 72.3 Å². The van der Waals surface area contributed by atoms with Gasteiger partial charge in [-0.05, 0) is 39.5 Å². The third-order valence-corrected chi connectivity index (χ3v) is 7.63. The lowest BCUT2D eigenvalue weighted by molar-refractivity contribution is -0.920. The smallest absolute Gasteiger partial charge is 0.0815 e. The van der Waals surface area contributed by atoms with Crippen molar-refractivity contribution in [2.24, 2.45) is 11.8 Å². The molecule has 0 aromatic heterocycles. The topological polar surface area (TPSA) is 60.0 Å². The molecule has 2 saturated heterocycles. The first-order chi connectivity index (χ1) is 10.7. The predicted molar refractivity (Wildman–Crippen MR) is 98.6 cm³/mol. The zero-order valence-corrected chi connectivity index (χ0v) is 16.3. The highest BCUT2D eigenvalue weighted by Gasteiger charge is 2.37. The second-order valence-electron chi connectivity index (χ2n) is 8.88. The van der Waals surface area contributed by atoms with Gasteiger partial charge in [-0.25, -0.2) is 0 Å². The van der Waals surface area contributed by atoms with Crippen LogP contribution in [0.4, 0.5) is 0 Å². The molecule has 3 rings (SSSR count). The Labute approximate surface area is 150 Å². The maximum Gasteiger partial charge on any atom is 0.0815 e. The first-order valence-corrected chi connectivity index (χ1v) is 10.4. The van der Waals surface area contributed by atoms with E-state index in [-0.39, 0.29) is 11.0 Å². The van der Waals surface area contributed by atoms with Crippen LogP contribution < -0.4 is 0 Å². The summed E-state index contributed by atoms with van der Waals surface area (Å²) in [5.41, 5.74) is 0. The lowest BCUT2D eigenvalue weighted by Crippen LogP contribution is -2.50. The van der Waals surface area contributed by atoms with E-state index in [0.29, 0.717) is 0 Å². The third kappa shape index (κ3) is 4.94. The molecule has 0 radical (unpaired) electrons. The second kappa shape index (κ2) is 9.51. The quantitative estimate of drug-likeness (QED) is 0.691. The van der Waals surface area contributed by atoms with Crippen LogP contribution >= 0.6 is 0 Å². The molecule has 0 amide bonds. The normalized spacial score (nSPS) is 31.2. The molecule has 0 aromatic rings. The van der Waals surface area contributed by atoms with E-state index in [2.05, 4.69) is 13.8 Å². The molecule has 4 heteroatoms. The van der Waals surface area contributed by atoms with Gasteiger partial charge in [-0.1, -0.05) is 0 Å². The summed E-state index contributed by atoms with van der Waals surface area (Å²) in [5, 5.41) is 0. The Kier molecular flexibility index (Phi) is 8.67. The highest BCUT2D eigenvalue weighted by atomic mass is 16.0. The lowest BCUT2D eigenvalue weighted by atomic mass is 9.81. The molecule has 3 fully saturated rings. The summed E-state index contributed by atoms with van der Waals surface area (Å²) in [7, 11) is 0. The molecular formula is C20H42N2O2. The molecule has 0 bridgehead atoms.